The maximum Gasteiger partial charge on any atom is 0.256 e. The highest BCUT2D eigenvalue weighted by molar-refractivity contribution is 8.56. The lowest BCUT2D eigenvalue weighted by atomic mass is 10.5. The predicted octanol–water partition coefficient (Wildman–Crippen LogP) is 3.61. The monoisotopic (exact) mass is 246 g/mol. The number of halogens is 1. The van der Waals surface area contributed by atoms with Crippen molar-refractivity contribution < 1.29 is 9.46 Å². The zero-order valence-electron chi connectivity index (χ0n) is 8.29. The molecule has 0 aliphatic heterocycles. The van der Waals surface area contributed by atoms with Crippen molar-refractivity contribution in [3.63, 3.8) is 0 Å². The van der Waals surface area contributed by atoms with Crippen molar-refractivity contribution in [3.8, 4) is 0 Å². The maximum atomic E-state index is 10.8. The van der Waals surface area contributed by atoms with Crippen LogP contribution in [0, 0.1) is 0 Å². The van der Waals surface area contributed by atoms with Crippen molar-refractivity contribution in [2.24, 2.45) is 0 Å². The van der Waals surface area contributed by atoms with Crippen LogP contribution in [0.15, 0.2) is 0 Å². The van der Waals surface area contributed by atoms with Gasteiger partial charge in [-0.15, -0.1) is 17.6 Å². The molecule has 0 aromatic carbocycles. The second-order valence-electron chi connectivity index (χ2n) is 2.62. The molecule has 0 aromatic heterocycles. The van der Waals surface area contributed by atoms with Crippen molar-refractivity contribution in [2.45, 2.75) is 26.8 Å². The van der Waals surface area contributed by atoms with Crippen LogP contribution in [-0.4, -0.2) is 28.7 Å². The first-order valence-corrected chi connectivity index (χ1v) is 8.06. The minimum Gasteiger partial charge on any atom is -0.675 e. The summed E-state index contributed by atoms with van der Waals surface area (Å²) in [6, 6.07) is 0.0833. The number of alkyl halides is 1. The van der Waals surface area contributed by atoms with Crippen molar-refractivity contribution in [3.05, 3.63) is 5.73 Å². The lowest BCUT2D eigenvalue weighted by molar-refractivity contribution is 0.498. The van der Waals surface area contributed by atoms with Crippen LogP contribution < -0.4 is 0 Å². The van der Waals surface area contributed by atoms with Crippen molar-refractivity contribution >= 4 is 29.6 Å². The Bertz CT molecular complexity index is 145. The molecule has 0 aliphatic carbocycles. The molecule has 1 atom stereocenters. The van der Waals surface area contributed by atoms with Crippen molar-refractivity contribution in [1.82, 2.24) is 0 Å². The lowest BCUT2D eigenvalue weighted by Gasteiger charge is -2.05. The summed E-state index contributed by atoms with van der Waals surface area (Å²) in [5.74, 6) is 0.936. The van der Waals surface area contributed by atoms with Crippen LogP contribution in [0.1, 0.15) is 20.8 Å². The average Bonchev–Trinajstić information content (AvgIpc) is 1.84. The van der Waals surface area contributed by atoms with Crippen LogP contribution in [-0.2, 0) is 4.57 Å². The number of hydrogen-bond donors (Lipinski definition) is 1. The molecule has 3 nitrogen and oxygen atoms in total. The Hall–Kier alpha value is 0.790. The van der Waals surface area contributed by atoms with E-state index in [4.69, 9.17) is 22.2 Å². The van der Waals surface area contributed by atoms with Gasteiger partial charge >= 0.3 is 0 Å². The Balaban J connectivity index is 0. The van der Waals surface area contributed by atoms with Gasteiger partial charge in [-0.1, -0.05) is 32.2 Å². The zero-order chi connectivity index (χ0) is 10.9. The van der Waals surface area contributed by atoms with Gasteiger partial charge in [0.05, 0.1) is 0 Å². The van der Waals surface area contributed by atoms with Crippen molar-refractivity contribution in [1.29, 1.82) is 0 Å². The largest absolute Gasteiger partial charge is 0.675 e. The van der Waals surface area contributed by atoms with E-state index >= 15 is 0 Å². The first kappa shape index (κ1) is 16.2. The molecule has 1 unspecified atom stereocenters. The molecular formula is C7H18ClNO2PS-. The first-order chi connectivity index (χ1) is 5.85. The van der Waals surface area contributed by atoms with E-state index in [9.17, 15) is 4.57 Å². The summed E-state index contributed by atoms with van der Waals surface area (Å²) in [5.41, 5.74) is 6.58. The molecule has 0 aromatic rings. The molecule has 0 saturated heterocycles. The smallest absolute Gasteiger partial charge is 0.256 e. The van der Waals surface area contributed by atoms with Crippen LogP contribution in [0.2, 0.25) is 0 Å². The lowest BCUT2D eigenvalue weighted by Crippen LogP contribution is -1.85. The van der Waals surface area contributed by atoms with Gasteiger partial charge in [-0.25, -0.2) is 0 Å². The quantitative estimate of drug-likeness (QED) is 0.609. The third kappa shape index (κ3) is 19.3. The molecule has 0 bridgehead atoms. The molecule has 0 rings (SSSR count). The Labute approximate surface area is 89.6 Å². The topological polar surface area (TPSA) is 61.1 Å². The predicted molar refractivity (Wildman–Crippen MR) is 63.0 cm³/mol. The van der Waals surface area contributed by atoms with Gasteiger partial charge in [0.2, 0.25) is 0 Å². The molecule has 0 spiro atoms. The minimum absolute atomic E-state index is 0.0833. The highest BCUT2D eigenvalue weighted by atomic mass is 35.5. The number of hydrogen-bond acceptors (Lipinski definition) is 2. The third-order valence-corrected chi connectivity index (χ3v) is 5.13. The summed E-state index contributed by atoms with van der Waals surface area (Å²) in [4.78, 5) is 8.95. The number of nitrogens with one attached hydrogen (secondary N) is 1. The fraction of sp³-hybridized carbons (Fsp3) is 1.00. The fourth-order valence-electron chi connectivity index (χ4n) is 0.373. The Morgan fingerprint density at radius 1 is 1.62 bits per heavy atom. The summed E-state index contributed by atoms with van der Waals surface area (Å²) in [7, 11) is 0. The molecule has 0 heterocycles. The van der Waals surface area contributed by atoms with Crippen LogP contribution >= 0.6 is 29.6 Å². The number of rotatable bonds is 4. The van der Waals surface area contributed by atoms with Gasteiger partial charge in [0, 0.05) is 12.0 Å². The van der Waals surface area contributed by atoms with Crippen LogP contribution in [0.4, 0.5) is 0 Å². The van der Waals surface area contributed by atoms with E-state index in [-0.39, 0.29) is 18.1 Å². The maximum absolute atomic E-state index is 10.8. The van der Waals surface area contributed by atoms with E-state index < -0.39 is 6.57 Å². The molecule has 2 N–H and O–H groups in total. The van der Waals surface area contributed by atoms with Gasteiger partial charge in [-0.05, 0) is 5.75 Å². The van der Waals surface area contributed by atoms with Crippen LogP contribution in [0.3, 0.4) is 0 Å². The summed E-state index contributed by atoms with van der Waals surface area (Å²) >= 11 is 6.36. The molecule has 82 valence electrons. The Kier molecular flexibility index (Phi) is 11.7. The molecule has 0 radical (unpaired) electrons. The van der Waals surface area contributed by atoms with E-state index in [1.54, 1.807) is 0 Å². The standard InChI is InChI=1S/C4H10ClO2PS.C3H8N/c1-2-9-8(6,7)4-3-5;1-3(2)4/h2-4H2,1H3,(H,6,7);3-4H,1-2H3/q;-1. The van der Waals surface area contributed by atoms with Crippen LogP contribution in [0.5, 0.6) is 0 Å². The van der Waals surface area contributed by atoms with E-state index in [0.29, 0.717) is 5.75 Å². The summed E-state index contributed by atoms with van der Waals surface area (Å²) in [6.07, 6.45) is 0.215. The molecule has 0 aliphatic rings. The van der Waals surface area contributed by atoms with E-state index in [0.717, 1.165) is 11.4 Å². The second kappa shape index (κ2) is 9.35. The van der Waals surface area contributed by atoms with Crippen molar-refractivity contribution in [2.75, 3.05) is 17.8 Å². The van der Waals surface area contributed by atoms with Gasteiger partial charge in [-0.3, -0.25) is 4.57 Å². The van der Waals surface area contributed by atoms with Gasteiger partial charge in [0.25, 0.3) is 6.57 Å². The Morgan fingerprint density at radius 3 is 2.23 bits per heavy atom. The van der Waals surface area contributed by atoms with Gasteiger partial charge < -0.3 is 10.6 Å². The van der Waals surface area contributed by atoms with E-state index in [1.807, 2.05) is 20.8 Å². The fourth-order valence-corrected chi connectivity index (χ4v) is 3.98. The second-order valence-corrected chi connectivity index (χ2v) is 8.04. The normalized spacial score (nSPS) is 14.7. The summed E-state index contributed by atoms with van der Waals surface area (Å²) < 4.78 is 10.8. The molecule has 0 amide bonds. The molecule has 0 saturated carbocycles. The highest BCUT2D eigenvalue weighted by Gasteiger charge is 2.15. The molecule has 13 heavy (non-hydrogen) atoms. The minimum atomic E-state index is -2.91. The van der Waals surface area contributed by atoms with E-state index in [1.165, 1.54) is 0 Å². The molecule has 6 heteroatoms. The van der Waals surface area contributed by atoms with Gasteiger partial charge in [-0.2, -0.15) is 0 Å². The van der Waals surface area contributed by atoms with Gasteiger partial charge in [0.1, 0.15) is 0 Å². The zero-order valence-corrected chi connectivity index (χ0v) is 10.8. The SMILES string of the molecule is CC(C)[NH-].CCSP(=O)(O)CCCl. The highest BCUT2D eigenvalue weighted by Crippen LogP contribution is 2.53. The Morgan fingerprint density at radius 2 is 2.00 bits per heavy atom. The van der Waals surface area contributed by atoms with E-state index in [2.05, 4.69) is 0 Å². The average molecular weight is 247 g/mol. The summed E-state index contributed by atoms with van der Waals surface area (Å²) in [6.45, 7) is 2.61. The van der Waals surface area contributed by atoms with Crippen LogP contribution in [0.25, 0.3) is 5.73 Å². The molecule has 0 fully saturated rings. The summed E-state index contributed by atoms with van der Waals surface area (Å²) in [5, 5.41) is 0. The van der Waals surface area contributed by atoms with Gasteiger partial charge in [0.15, 0.2) is 0 Å². The first-order valence-electron chi connectivity index (χ1n) is 4.09. The third-order valence-electron chi connectivity index (χ3n) is 0.698. The molecular weight excluding hydrogens is 229 g/mol.